The molecule has 0 bridgehead atoms. The molecule has 0 saturated heterocycles. The van der Waals surface area contributed by atoms with Crippen LogP contribution in [0.1, 0.15) is 32.8 Å². The van der Waals surface area contributed by atoms with Crippen molar-refractivity contribution in [2.75, 3.05) is 40.8 Å². The highest BCUT2D eigenvalue weighted by Gasteiger charge is 2.22. The maximum atomic E-state index is 12.6. The number of ether oxygens (including phenoxy) is 2. The summed E-state index contributed by atoms with van der Waals surface area (Å²) in [5.41, 5.74) is 0.500. The SMILES string of the molecule is COc1ccc(CCC(=O)N(CCN(C)C)CC(=O)OC(C)(C)C)cc1. The molecular weight excluding hydrogens is 332 g/mol. The number of carbonyl (C=O) groups excluding carboxylic acids is 2. The van der Waals surface area contributed by atoms with E-state index in [2.05, 4.69) is 0 Å². The van der Waals surface area contributed by atoms with Crippen LogP contribution < -0.4 is 4.74 Å². The largest absolute Gasteiger partial charge is 0.497 e. The standard InChI is InChI=1S/C20H32N2O4/c1-20(2,3)26-19(24)15-22(14-13-21(4)5)18(23)12-9-16-7-10-17(25-6)11-8-16/h7-8,10-11H,9,12-15H2,1-6H3. The Balaban J connectivity index is 2.65. The molecule has 0 saturated carbocycles. The molecule has 0 N–H and O–H groups in total. The van der Waals surface area contributed by atoms with Gasteiger partial charge in [-0.1, -0.05) is 12.1 Å². The van der Waals surface area contributed by atoms with Crippen molar-refractivity contribution in [2.24, 2.45) is 0 Å². The molecule has 1 aromatic rings. The van der Waals surface area contributed by atoms with Gasteiger partial charge in [-0.25, -0.2) is 0 Å². The van der Waals surface area contributed by atoms with Crippen LogP contribution in [0.15, 0.2) is 24.3 Å². The van der Waals surface area contributed by atoms with Crippen LogP contribution in [0.2, 0.25) is 0 Å². The average Bonchev–Trinajstić information content (AvgIpc) is 2.55. The van der Waals surface area contributed by atoms with Crippen LogP contribution in [0.3, 0.4) is 0 Å². The second kappa shape index (κ2) is 10.2. The summed E-state index contributed by atoms with van der Waals surface area (Å²) < 4.78 is 10.5. The van der Waals surface area contributed by atoms with Gasteiger partial charge in [-0.2, -0.15) is 0 Å². The number of likely N-dealkylation sites (N-methyl/N-ethyl adjacent to an activating group) is 1. The zero-order valence-electron chi connectivity index (χ0n) is 16.9. The quantitative estimate of drug-likeness (QED) is 0.630. The van der Waals surface area contributed by atoms with Crippen molar-refractivity contribution in [3.8, 4) is 5.75 Å². The number of methoxy groups -OCH3 is 1. The number of aryl methyl sites for hydroxylation is 1. The fraction of sp³-hybridized carbons (Fsp3) is 0.600. The molecule has 1 rings (SSSR count). The number of hydrogen-bond donors (Lipinski definition) is 0. The lowest BCUT2D eigenvalue weighted by Crippen LogP contribution is -2.42. The minimum atomic E-state index is -0.559. The van der Waals surface area contributed by atoms with Crippen LogP contribution >= 0.6 is 0 Å². The molecule has 0 spiro atoms. The first kappa shape index (κ1) is 22.0. The summed E-state index contributed by atoms with van der Waals surface area (Å²) in [4.78, 5) is 28.3. The minimum absolute atomic E-state index is 0.0213. The van der Waals surface area contributed by atoms with Crippen LogP contribution in [-0.2, 0) is 20.7 Å². The third-order valence-corrected chi connectivity index (χ3v) is 3.70. The van der Waals surface area contributed by atoms with Crippen LogP contribution in [0.25, 0.3) is 0 Å². The van der Waals surface area contributed by atoms with E-state index in [4.69, 9.17) is 9.47 Å². The number of rotatable bonds is 9. The van der Waals surface area contributed by atoms with E-state index in [9.17, 15) is 9.59 Å². The first-order chi connectivity index (χ1) is 12.1. The molecule has 0 aliphatic rings. The summed E-state index contributed by atoms with van der Waals surface area (Å²) in [6.07, 6.45) is 0.970. The van der Waals surface area contributed by atoms with Gasteiger partial charge >= 0.3 is 5.97 Å². The zero-order chi connectivity index (χ0) is 19.7. The number of nitrogens with zero attached hydrogens (tertiary/aromatic N) is 2. The van der Waals surface area contributed by atoms with Crippen LogP contribution in [0, 0.1) is 0 Å². The Morgan fingerprint density at radius 1 is 1.04 bits per heavy atom. The molecule has 0 aliphatic heterocycles. The molecule has 6 nitrogen and oxygen atoms in total. The molecule has 26 heavy (non-hydrogen) atoms. The second-order valence-electron chi connectivity index (χ2n) is 7.55. The summed E-state index contributed by atoms with van der Waals surface area (Å²) in [6.45, 7) is 6.62. The van der Waals surface area contributed by atoms with Crippen molar-refractivity contribution in [2.45, 2.75) is 39.2 Å². The maximum absolute atomic E-state index is 12.6. The fourth-order valence-corrected chi connectivity index (χ4v) is 2.34. The summed E-state index contributed by atoms with van der Waals surface area (Å²) >= 11 is 0. The molecule has 0 atom stereocenters. The van der Waals surface area contributed by atoms with Crippen molar-refractivity contribution in [3.63, 3.8) is 0 Å². The number of benzene rings is 1. The van der Waals surface area contributed by atoms with Gasteiger partial charge in [0.1, 0.15) is 17.9 Å². The van der Waals surface area contributed by atoms with Gasteiger partial charge in [0.2, 0.25) is 5.91 Å². The molecule has 0 unspecified atom stereocenters. The summed E-state index contributed by atoms with van der Waals surface area (Å²) in [5.74, 6) is 0.361. The van der Waals surface area contributed by atoms with Gasteiger partial charge in [-0.15, -0.1) is 0 Å². The Hall–Kier alpha value is -2.08. The first-order valence-corrected chi connectivity index (χ1v) is 8.88. The number of esters is 1. The van der Waals surface area contributed by atoms with Gasteiger partial charge in [-0.05, 0) is 59.0 Å². The molecule has 0 fully saturated rings. The number of amides is 1. The Morgan fingerprint density at radius 2 is 1.65 bits per heavy atom. The Kier molecular flexibility index (Phi) is 8.58. The summed E-state index contributed by atoms with van der Waals surface area (Å²) in [7, 11) is 5.50. The van der Waals surface area contributed by atoms with Crippen molar-refractivity contribution >= 4 is 11.9 Å². The van der Waals surface area contributed by atoms with Gasteiger partial charge in [0.05, 0.1) is 7.11 Å². The highest BCUT2D eigenvalue weighted by atomic mass is 16.6. The Morgan fingerprint density at radius 3 is 2.15 bits per heavy atom. The smallest absolute Gasteiger partial charge is 0.326 e. The van der Waals surface area contributed by atoms with E-state index in [-0.39, 0.29) is 18.4 Å². The van der Waals surface area contributed by atoms with Crippen LogP contribution in [-0.4, -0.2) is 68.1 Å². The monoisotopic (exact) mass is 364 g/mol. The van der Waals surface area contributed by atoms with Crippen LogP contribution in [0.5, 0.6) is 5.75 Å². The minimum Gasteiger partial charge on any atom is -0.497 e. The van der Waals surface area contributed by atoms with Gasteiger partial charge in [0.15, 0.2) is 0 Å². The topological polar surface area (TPSA) is 59.1 Å². The predicted molar refractivity (Wildman–Crippen MR) is 102 cm³/mol. The van der Waals surface area contributed by atoms with Crippen molar-refractivity contribution in [1.82, 2.24) is 9.80 Å². The zero-order valence-corrected chi connectivity index (χ0v) is 16.9. The van der Waals surface area contributed by atoms with Crippen molar-refractivity contribution < 1.29 is 19.1 Å². The molecule has 146 valence electrons. The fourth-order valence-electron chi connectivity index (χ4n) is 2.34. The third kappa shape index (κ3) is 8.85. The number of carbonyl (C=O) groups is 2. The van der Waals surface area contributed by atoms with E-state index in [1.54, 1.807) is 12.0 Å². The van der Waals surface area contributed by atoms with Gasteiger partial charge in [0.25, 0.3) is 0 Å². The summed E-state index contributed by atoms with van der Waals surface area (Å²) in [6, 6.07) is 7.66. The molecule has 6 heteroatoms. The average molecular weight is 364 g/mol. The van der Waals surface area contributed by atoms with Gasteiger partial charge in [-0.3, -0.25) is 9.59 Å². The first-order valence-electron chi connectivity index (χ1n) is 8.88. The molecule has 0 heterocycles. The van der Waals surface area contributed by atoms with Crippen LogP contribution in [0.4, 0.5) is 0 Å². The molecule has 0 aliphatic carbocycles. The van der Waals surface area contributed by atoms with E-state index < -0.39 is 5.60 Å². The molecule has 0 radical (unpaired) electrons. The van der Waals surface area contributed by atoms with E-state index in [0.717, 1.165) is 11.3 Å². The van der Waals surface area contributed by atoms with E-state index >= 15 is 0 Å². The van der Waals surface area contributed by atoms with E-state index in [1.807, 2.05) is 64.0 Å². The summed E-state index contributed by atoms with van der Waals surface area (Å²) in [5, 5.41) is 0. The van der Waals surface area contributed by atoms with Crippen molar-refractivity contribution in [3.05, 3.63) is 29.8 Å². The molecule has 1 amide bonds. The van der Waals surface area contributed by atoms with E-state index in [1.165, 1.54) is 0 Å². The lowest BCUT2D eigenvalue weighted by atomic mass is 10.1. The third-order valence-electron chi connectivity index (χ3n) is 3.70. The second-order valence-corrected chi connectivity index (χ2v) is 7.55. The molecule has 1 aromatic carbocycles. The van der Waals surface area contributed by atoms with E-state index in [0.29, 0.717) is 25.9 Å². The molecular formula is C20H32N2O4. The highest BCUT2D eigenvalue weighted by molar-refractivity contribution is 5.82. The van der Waals surface area contributed by atoms with Gasteiger partial charge in [0, 0.05) is 19.5 Å². The van der Waals surface area contributed by atoms with Crippen molar-refractivity contribution in [1.29, 1.82) is 0 Å². The predicted octanol–water partition coefficient (Wildman–Crippen LogP) is 2.36. The normalized spacial score (nSPS) is 11.3. The maximum Gasteiger partial charge on any atom is 0.326 e. The highest BCUT2D eigenvalue weighted by Crippen LogP contribution is 2.13. The molecule has 0 aromatic heterocycles. The Bertz CT molecular complexity index is 576. The lowest BCUT2D eigenvalue weighted by Gasteiger charge is -2.26. The number of hydrogen-bond acceptors (Lipinski definition) is 5. The van der Waals surface area contributed by atoms with Gasteiger partial charge < -0.3 is 19.3 Å². The Labute approximate surface area is 157 Å². The lowest BCUT2D eigenvalue weighted by molar-refractivity contribution is -0.159.